The van der Waals surface area contributed by atoms with Crippen LogP contribution in [0.15, 0.2) is 18.3 Å². The van der Waals surface area contributed by atoms with E-state index in [1.54, 1.807) is 11.3 Å². The first kappa shape index (κ1) is 11.8. The molecule has 0 aliphatic heterocycles. The maximum absolute atomic E-state index is 4.49. The molecule has 0 saturated heterocycles. The molecule has 0 bridgehead atoms. The molecule has 2 aromatic rings. The first-order valence-electron chi connectivity index (χ1n) is 5.38. The molecular weight excluding hydrogens is 236 g/mol. The lowest BCUT2D eigenvalue weighted by Crippen LogP contribution is -2.22. The summed E-state index contributed by atoms with van der Waals surface area (Å²) in [6.07, 6.45) is 3.06. The maximum atomic E-state index is 4.49. The van der Waals surface area contributed by atoms with Crippen molar-refractivity contribution in [2.75, 3.05) is 7.05 Å². The lowest BCUT2D eigenvalue weighted by Gasteiger charge is -2.06. The minimum Gasteiger partial charge on any atom is -0.317 e. The Hall–Kier alpha value is -0.710. The van der Waals surface area contributed by atoms with E-state index in [1.807, 2.05) is 24.6 Å². The second-order valence-electron chi connectivity index (χ2n) is 3.94. The molecule has 0 spiro atoms. The van der Waals surface area contributed by atoms with Crippen LogP contribution in [0.3, 0.4) is 0 Å². The average Bonchev–Trinajstić information content (AvgIpc) is 2.87. The first-order chi connectivity index (χ1) is 7.69. The zero-order valence-electron chi connectivity index (χ0n) is 9.78. The predicted molar refractivity (Wildman–Crippen MR) is 72.4 cm³/mol. The Balaban J connectivity index is 2.13. The molecule has 0 aliphatic rings. The van der Waals surface area contributed by atoms with Crippen LogP contribution in [0.25, 0.3) is 9.88 Å². The van der Waals surface area contributed by atoms with Crippen LogP contribution in [0.2, 0.25) is 0 Å². The van der Waals surface area contributed by atoms with E-state index in [-0.39, 0.29) is 0 Å². The van der Waals surface area contributed by atoms with E-state index in [0.717, 1.165) is 11.4 Å². The molecule has 2 rings (SSSR count). The van der Waals surface area contributed by atoms with Gasteiger partial charge in [-0.25, -0.2) is 4.98 Å². The summed E-state index contributed by atoms with van der Waals surface area (Å²) in [5, 5.41) is 4.40. The van der Waals surface area contributed by atoms with Crippen molar-refractivity contribution < 1.29 is 0 Å². The molecule has 0 radical (unpaired) electrons. The molecule has 0 aromatic carbocycles. The number of nitrogens with one attached hydrogen (secondary N) is 1. The molecule has 0 saturated carbocycles. The predicted octanol–water partition coefficient (Wildman–Crippen LogP) is 3.33. The normalized spacial score (nSPS) is 12.9. The third kappa shape index (κ3) is 2.70. The number of nitrogens with zero attached hydrogens (tertiary/aromatic N) is 1. The van der Waals surface area contributed by atoms with E-state index >= 15 is 0 Å². The standard InChI is InChI=1S/C12H16N2S2/c1-8(13-3)6-10-7-14-12(16-10)11-5-4-9(2)15-11/h4-5,7-8,13H,6H2,1-3H3. The van der Waals surface area contributed by atoms with Crippen molar-refractivity contribution in [3.8, 4) is 9.88 Å². The van der Waals surface area contributed by atoms with Crippen LogP contribution >= 0.6 is 22.7 Å². The van der Waals surface area contributed by atoms with Crippen molar-refractivity contribution in [1.82, 2.24) is 10.3 Å². The van der Waals surface area contributed by atoms with Gasteiger partial charge in [0.25, 0.3) is 0 Å². The van der Waals surface area contributed by atoms with Gasteiger partial charge < -0.3 is 5.32 Å². The van der Waals surface area contributed by atoms with Crippen molar-refractivity contribution in [3.05, 3.63) is 28.1 Å². The van der Waals surface area contributed by atoms with E-state index in [1.165, 1.54) is 14.6 Å². The number of hydrogen-bond donors (Lipinski definition) is 1. The van der Waals surface area contributed by atoms with Crippen molar-refractivity contribution in [1.29, 1.82) is 0 Å². The highest BCUT2D eigenvalue weighted by atomic mass is 32.1. The van der Waals surface area contributed by atoms with E-state index in [9.17, 15) is 0 Å². The zero-order valence-corrected chi connectivity index (χ0v) is 11.4. The molecule has 2 heterocycles. The van der Waals surface area contributed by atoms with E-state index < -0.39 is 0 Å². The fraction of sp³-hybridized carbons (Fsp3) is 0.417. The van der Waals surface area contributed by atoms with E-state index in [2.05, 4.69) is 36.3 Å². The molecule has 4 heteroatoms. The van der Waals surface area contributed by atoms with Gasteiger partial charge in [0.1, 0.15) is 5.01 Å². The summed E-state index contributed by atoms with van der Waals surface area (Å²) in [6.45, 7) is 4.32. The summed E-state index contributed by atoms with van der Waals surface area (Å²) in [5.74, 6) is 0. The first-order valence-corrected chi connectivity index (χ1v) is 7.01. The second kappa shape index (κ2) is 5.08. The molecule has 2 nitrogen and oxygen atoms in total. The summed E-state index contributed by atoms with van der Waals surface area (Å²) in [6, 6.07) is 4.82. The Bertz CT molecular complexity index is 459. The fourth-order valence-corrected chi connectivity index (χ4v) is 3.44. The van der Waals surface area contributed by atoms with Gasteiger partial charge in [-0.3, -0.25) is 0 Å². The van der Waals surface area contributed by atoms with Crippen LogP contribution in [0.1, 0.15) is 16.7 Å². The number of likely N-dealkylation sites (N-methyl/N-ethyl adjacent to an activating group) is 1. The third-order valence-corrected chi connectivity index (χ3v) is 4.69. The van der Waals surface area contributed by atoms with Crippen molar-refractivity contribution in [3.63, 3.8) is 0 Å². The van der Waals surface area contributed by atoms with E-state index in [4.69, 9.17) is 0 Å². The Morgan fingerprint density at radius 3 is 2.81 bits per heavy atom. The monoisotopic (exact) mass is 252 g/mol. The lowest BCUT2D eigenvalue weighted by atomic mass is 10.2. The number of aromatic nitrogens is 1. The zero-order chi connectivity index (χ0) is 11.5. The number of rotatable bonds is 4. The Morgan fingerprint density at radius 1 is 1.38 bits per heavy atom. The van der Waals surface area contributed by atoms with Crippen LogP contribution in [0.5, 0.6) is 0 Å². The van der Waals surface area contributed by atoms with Crippen molar-refractivity contribution >= 4 is 22.7 Å². The summed E-state index contributed by atoms with van der Waals surface area (Å²) in [7, 11) is 2.00. The highest BCUT2D eigenvalue weighted by Gasteiger charge is 2.08. The van der Waals surface area contributed by atoms with E-state index in [0.29, 0.717) is 6.04 Å². The molecule has 0 aliphatic carbocycles. The maximum Gasteiger partial charge on any atom is 0.133 e. The minimum atomic E-state index is 0.512. The van der Waals surface area contributed by atoms with Crippen molar-refractivity contribution in [2.45, 2.75) is 26.3 Å². The number of thiazole rings is 1. The second-order valence-corrected chi connectivity index (χ2v) is 6.34. The molecule has 86 valence electrons. The Kier molecular flexibility index (Phi) is 3.74. The summed E-state index contributed by atoms with van der Waals surface area (Å²) in [5.41, 5.74) is 0. The van der Waals surface area contributed by atoms with Gasteiger partial charge in [-0.2, -0.15) is 0 Å². The van der Waals surface area contributed by atoms with Gasteiger partial charge in [0.15, 0.2) is 0 Å². The molecule has 2 aromatic heterocycles. The van der Waals surface area contributed by atoms with Gasteiger partial charge in [-0.15, -0.1) is 22.7 Å². The van der Waals surface area contributed by atoms with Gasteiger partial charge in [-0.1, -0.05) is 0 Å². The smallest absolute Gasteiger partial charge is 0.133 e. The highest BCUT2D eigenvalue weighted by Crippen LogP contribution is 2.31. The largest absolute Gasteiger partial charge is 0.317 e. The quantitative estimate of drug-likeness (QED) is 0.903. The summed E-state index contributed by atoms with van der Waals surface area (Å²) < 4.78 is 0. The number of aryl methyl sites for hydroxylation is 1. The number of thiophene rings is 1. The lowest BCUT2D eigenvalue weighted by molar-refractivity contribution is 0.612. The molecule has 1 unspecified atom stereocenters. The minimum absolute atomic E-state index is 0.512. The Morgan fingerprint density at radius 2 is 2.19 bits per heavy atom. The third-order valence-electron chi connectivity index (χ3n) is 2.50. The van der Waals surface area contributed by atoms with Crippen LogP contribution in [-0.4, -0.2) is 18.1 Å². The van der Waals surface area contributed by atoms with Crippen LogP contribution in [-0.2, 0) is 6.42 Å². The van der Waals surface area contributed by atoms with Gasteiger partial charge in [0, 0.05) is 22.0 Å². The Labute approximate surface area is 104 Å². The molecule has 1 N–H and O–H groups in total. The van der Waals surface area contributed by atoms with Gasteiger partial charge in [0.05, 0.1) is 4.88 Å². The molecule has 0 amide bonds. The fourth-order valence-electron chi connectivity index (χ4n) is 1.47. The van der Waals surface area contributed by atoms with Crippen LogP contribution in [0, 0.1) is 6.92 Å². The van der Waals surface area contributed by atoms with Crippen LogP contribution < -0.4 is 5.32 Å². The van der Waals surface area contributed by atoms with Gasteiger partial charge >= 0.3 is 0 Å². The topological polar surface area (TPSA) is 24.9 Å². The van der Waals surface area contributed by atoms with Crippen molar-refractivity contribution in [2.24, 2.45) is 0 Å². The highest BCUT2D eigenvalue weighted by molar-refractivity contribution is 7.21. The molecule has 1 atom stereocenters. The van der Waals surface area contributed by atoms with Gasteiger partial charge in [-0.05, 0) is 39.4 Å². The summed E-state index contributed by atoms with van der Waals surface area (Å²) in [4.78, 5) is 8.46. The SMILES string of the molecule is CNC(C)Cc1cnc(-c2ccc(C)s2)s1. The number of hydrogen-bond acceptors (Lipinski definition) is 4. The summed E-state index contributed by atoms with van der Waals surface area (Å²) >= 11 is 3.61. The molecule has 16 heavy (non-hydrogen) atoms. The van der Waals surface area contributed by atoms with Crippen LogP contribution in [0.4, 0.5) is 0 Å². The molecular formula is C12H16N2S2. The van der Waals surface area contributed by atoms with Gasteiger partial charge in [0.2, 0.25) is 0 Å². The molecule has 0 fully saturated rings. The average molecular weight is 252 g/mol.